The Bertz CT molecular complexity index is 534. The van der Waals surface area contributed by atoms with Crippen molar-refractivity contribution in [2.45, 2.75) is 116 Å². The van der Waals surface area contributed by atoms with Crippen molar-refractivity contribution in [2.75, 3.05) is 6.61 Å². The molecule has 30 heavy (non-hydrogen) atoms. The van der Waals surface area contributed by atoms with Gasteiger partial charge in [-0.05, 0) is 13.3 Å². The van der Waals surface area contributed by atoms with Crippen molar-refractivity contribution >= 4 is 7.82 Å². The Morgan fingerprint density at radius 1 is 0.867 bits per heavy atom. The Morgan fingerprint density at radius 2 is 1.37 bits per heavy atom. The average molecular weight is 445 g/mol. The summed E-state index contributed by atoms with van der Waals surface area (Å²) in [6, 6.07) is 0. The van der Waals surface area contributed by atoms with Crippen molar-refractivity contribution in [2.24, 2.45) is 5.92 Å². The average Bonchev–Trinajstić information content (AvgIpc) is 2.69. The number of phosphoric acid groups is 1. The molecule has 5 nitrogen and oxygen atoms in total. The molecule has 0 aromatic carbocycles. The van der Waals surface area contributed by atoms with E-state index in [9.17, 15) is 9.46 Å². The number of hydrogen-bond donors (Lipinski definition) is 1. The Balaban J connectivity index is 1.92. The molecular formula is C24H45O5P. The second-order valence-electron chi connectivity index (χ2n) is 8.77. The molecule has 0 bridgehead atoms. The predicted molar refractivity (Wildman–Crippen MR) is 124 cm³/mol. The molecule has 3 atom stereocenters. The lowest BCUT2D eigenvalue weighted by Crippen LogP contribution is -2.33. The van der Waals surface area contributed by atoms with Crippen molar-refractivity contribution in [1.29, 1.82) is 0 Å². The normalized spacial score (nSPS) is 23.0. The zero-order chi connectivity index (χ0) is 22.1. The van der Waals surface area contributed by atoms with Crippen molar-refractivity contribution in [3.05, 3.63) is 24.3 Å². The fraction of sp³-hybridized carbons (Fsp3) is 0.833. The predicted octanol–water partition coefficient (Wildman–Crippen LogP) is 8.05. The first-order chi connectivity index (χ1) is 14.4. The standard InChI is InChI=1S/C24H45O5P/c1-4-5-6-7-8-9-10-11-12-13-14-15-16-19-22-27-29-30(25,26)28-24(3)21-18-17-20-23(24)2/h17-18,20-21,23H,4-16,19,22H2,1-3H3,(H,25,26). The van der Waals surface area contributed by atoms with Gasteiger partial charge in [0.05, 0.1) is 6.61 Å². The minimum atomic E-state index is -4.26. The van der Waals surface area contributed by atoms with Gasteiger partial charge in [-0.15, -0.1) is 4.67 Å². The first-order valence-electron chi connectivity index (χ1n) is 12.1. The van der Waals surface area contributed by atoms with E-state index in [0.29, 0.717) is 6.61 Å². The molecule has 1 rings (SSSR count). The Kier molecular flexibility index (Phi) is 14.9. The minimum absolute atomic E-state index is 0.0302. The maximum Gasteiger partial charge on any atom is 0.500 e. The molecule has 0 radical (unpaired) electrons. The smallest absolute Gasteiger partial charge is 0.301 e. The summed E-state index contributed by atoms with van der Waals surface area (Å²) in [4.78, 5) is 14.8. The van der Waals surface area contributed by atoms with Gasteiger partial charge < -0.3 is 4.89 Å². The molecule has 0 heterocycles. The van der Waals surface area contributed by atoms with Crippen LogP contribution in [0.5, 0.6) is 0 Å². The summed E-state index contributed by atoms with van der Waals surface area (Å²) in [5.74, 6) is -0.0302. The molecule has 0 fully saturated rings. The van der Waals surface area contributed by atoms with E-state index in [1.54, 1.807) is 19.1 Å². The van der Waals surface area contributed by atoms with Crippen LogP contribution < -0.4 is 0 Å². The SMILES string of the molecule is CCCCCCCCCCCCCCCCOOP(=O)(O)OC1(C)C=CC=CC1C. The summed E-state index contributed by atoms with van der Waals surface area (Å²) in [6.07, 6.45) is 25.3. The van der Waals surface area contributed by atoms with Crippen LogP contribution in [0, 0.1) is 5.92 Å². The zero-order valence-corrected chi connectivity index (χ0v) is 20.4. The van der Waals surface area contributed by atoms with E-state index in [-0.39, 0.29) is 5.92 Å². The quantitative estimate of drug-likeness (QED) is 0.0944. The molecule has 6 heteroatoms. The van der Waals surface area contributed by atoms with Gasteiger partial charge >= 0.3 is 7.82 Å². The first kappa shape index (κ1) is 27.6. The lowest BCUT2D eigenvalue weighted by atomic mass is 9.87. The molecule has 0 aromatic rings. The van der Waals surface area contributed by atoms with Crippen molar-refractivity contribution in [3.63, 3.8) is 0 Å². The first-order valence-corrected chi connectivity index (χ1v) is 13.6. The fourth-order valence-corrected chi connectivity index (χ4v) is 4.62. The van der Waals surface area contributed by atoms with Crippen LogP contribution in [0.15, 0.2) is 24.3 Å². The number of rotatable bonds is 19. The van der Waals surface area contributed by atoms with Crippen LogP contribution >= 0.6 is 7.82 Å². The molecule has 1 aliphatic rings. The molecule has 0 spiro atoms. The van der Waals surface area contributed by atoms with Gasteiger partial charge in [0.2, 0.25) is 0 Å². The van der Waals surface area contributed by atoms with Gasteiger partial charge in [-0.3, -0.25) is 4.52 Å². The lowest BCUT2D eigenvalue weighted by Gasteiger charge is -2.33. The van der Waals surface area contributed by atoms with E-state index in [1.165, 1.54) is 77.0 Å². The second kappa shape index (κ2) is 16.2. The highest BCUT2D eigenvalue weighted by molar-refractivity contribution is 7.47. The highest BCUT2D eigenvalue weighted by Gasteiger charge is 2.38. The van der Waals surface area contributed by atoms with Crippen molar-refractivity contribution in [1.82, 2.24) is 0 Å². The van der Waals surface area contributed by atoms with Crippen LogP contribution in [-0.4, -0.2) is 17.1 Å². The Morgan fingerprint density at radius 3 is 1.87 bits per heavy atom. The minimum Gasteiger partial charge on any atom is -0.301 e. The fourth-order valence-electron chi connectivity index (χ4n) is 3.66. The summed E-state index contributed by atoms with van der Waals surface area (Å²) < 4.78 is 22.1. The summed E-state index contributed by atoms with van der Waals surface area (Å²) >= 11 is 0. The van der Waals surface area contributed by atoms with Gasteiger partial charge in [-0.1, -0.05) is 122 Å². The molecule has 0 aliphatic heterocycles. The van der Waals surface area contributed by atoms with E-state index < -0.39 is 13.4 Å². The maximum atomic E-state index is 12.1. The molecule has 0 saturated carbocycles. The largest absolute Gasteiger partial charge is 0.500 e. The number of phosphoric ester groups is 1. The molecule has 0 amide bonds. The maximum absolute atomic E-state index is 12.1. The van der Waals surface area contributed by atoms with Gasteiger partial charge in [0.15, 0.2) is 0 Å². The third-order valence-electron chi connectivity index (χ3n) is 5.88. The third-order valence-corrected chi connectivity index (χ3v) is 6.80. The molecule has 1 N–H and O–H groups in total. The summed E-state index contributed by atoms with van der Waals surface area (Å²) in [5.41, 5.74) is -0.878. The monoisotopic (exact) mass is 444 g/mol. The molecule has 1 aliphatic carbocycles. The molecule has 0 saturated heterocycles. The molecule has 176 valence electrons. The summed E-state index contributed by atoms with van der Waals surface area (Å²) in [7, 11) is -4.26. The van der Waals surface area contributed by atoms with Gasteiger partial charge in [0, 0.05) is 5.92 Å². The van der Waals surface area contributed by atoms with Gasteiger partial charge in [-0.2, -0.15) is 0 Å². The Labute approximate surface area is 184 Å². The van der Waals surface area contributed by atoms with Gasteiger partial charge in [-0.25, -0.2) is 9.45 Å². The van der Waals surface area contributed by atoms with Crippen LogP contribution in [-0.2, 0) is 18.7 Å². The van der Waals surface area contributed by atoms with E-state index >= 15 is 0 Å². The van der Waals surface area contributed by atoms with Crippen LogP contribution in [0.3, 0.4) is 0 Å². The topological polar surface area (TPSA) is 65.0 Å². The number of hydrogen-bond acceptors (Lipinski definition) is 4. The third kappa shape index (κ3) is 13.1. The highest BCUT2D eigenvalue weighted by Crippen LogP contribution is 2.50. The molecule has 3 unspecified atom stereocenters. The Hall–Kier alpha value is -0.450. The van der Waals surface area contributed by atoms with Crippen LogP contribution in [0.2, 0.25) is 0 Å². The number of allylic oxidation sites excluding steroid dienone is 2. The number of unbranched alkanes of at least 4 members (excludes halogenated alkanes) is 13. The van der Waals surface area contributed by atoms with E-state index in [0.717, 1.165) is 12.8 Å². The second-order valence-corrected chi connectivity index (χ2v) is 10.0. The van der Waals surface area contributed by atoms with E-state index in [4.69, 9.17) is 14.1 Å². The van der Waals surface area contributed by atoms with Gasteiger partial charge in [0.25, 0.3) is 0 Å². The van der Waals surface area contributed by atoms with E-state index in [1.807, 2.05) is 19.1 Å². The molecule has 0 aromatic heterocycles. The van der Waals surface area contributed by atoms with Crippen molar-refractivity contribution < 1.29 is 23.5 Å². The lowest BCUT2D eigenvalue weighted by molar-refractivity contribution is -0.229. The van der Waals surface area contributed by atoms with Crippen LogP contribution in [0.25, 0.3) is 0 Å². The van der Waals surface area contributed by atoms with Crippen LogP contribution in [0.1, 0.15) is 111 Å². The van der Waals surface area contributed by atoms with E-state index in [2.05, 4.69) is 6.92 Å². The van der Waals surface area contributed by atoms with Crippen molar-refractivity contribution in [3.8, 4) is 0 Å². The van der Waals surface area contributed by atoms with Gasteiger partial charge in [0.1, 0.15) is 5.60 Å². The van der Waals surface area contributed by atoms with Crippen LogP contribution in [0.4, 0.5) is 0 Å². The zero-order valence-electron chi connectivity index (χ0n) is 19.5. The summed E-state index contributed by atoms with van der Waals surface area (Å²) in [5, 5.41) is 0. The summed E-state index contributed by atoms with van der Waals surface area (Å²) in [6.45, 7) is 6.25. The highest BCUT2D eigenvalue weighted by atomic mass is 31.2. The molecular weight excluding hydrogens is 399 g/mol.